The van der Waals surface area contributed by atoms with Crippen molar-refractivity contribution in [3.8, 4) is 0 Å². The molecule has 0 bridgehead atoms. The summed E-state index contributed by atoms with van der Waals surface area (Å²) in [6, 6.07) is 11.7. The molecule has 24 heavy (non-hydrogen) atoms. The monoisotopic (exact) mass is 343 g/mol. The number of hydrogen-bond acceptors (Lipinski definition) is 4. The normalized spacial score (nSPS) is 11.6. The molecule has 0 radical (unpaired) electrons. The molecule has 0 spiro atoms. The number of aromatic carboxylic acids is 1. The molecule has 6 nitrogen and oxygen atoms in total. The van der Waals surface area contributed by atoms with Crippen molar-refractivity contribution in [2.75, 3.05) is 4.72 Å². The molecular weight excluding hydrogens is 328 g/mol. The van der Waals surface area contributed by atoms with E-state index < -0.39 is 16.0 Å². The van der Waals surface area contributed by atoms with Gasteiger partial charge in [-0.25, -0.2) is 8.42 Å². The SMILES string of the molecule is Cc1ccc(S(=O)(=O)Nc2c(C(=O)[O-])[nH]c3ccccc23)c(C)c1. The summed E-state index contributed by atoms with van der Waals surface area (Å²) in [4.78, 5) is 14.1. The molecule has 0 aliphatic heterocycles. The Morgan fingerprint density at radius 2 is 1.83 bits per heavy atom. The zero-order valence-electron chi connectivity index (χ0n) is 13.1. The van der Waals surface area contributed by atoms with Crippen LogP contribution in [0.2, 0.25) is 0 Å². The molecule has 0 unspecified atom stereocenters. The van der Waals surface area contributed by atoms with Crippen LogP contribution in [0.25, 0.3) is 10.9 Å². The summed E-state index contributed by atoms with van der Waals surface area (Å²) in [5, 5.41) is 11.8. The Balaban J connectivity index is 2.15. The van der Waals surface area contributed by atoms with Gasteiger partial charge < -0.3 is 14.9 Å². The number of carboxylic acid groups (broad SMARTS) is 1. The van der Waals surface area contributed by atoms with Crippen molar-refractivity contribution >= 4 is 32.6 Å². The van der Waals surface area contributed by atoms with Gasteiger partial charge in [0.2, 0.25) is 0 Å². The molecule has 3 rings (SSSR count). The maximum atomic E-state index is 12.7. The van der Waals surface area contributed by atoms with Crippen molar-refractivity contribution in [2.45, 2.75) is 18.7 Å². The molecular formula is C17H15N2O4S-. The molecule has 124 valence electrons. The van der Waals surface area contributed by atoms with Crippen LogP contribution >= 0.6 is 0 Å². The van der Waals surface area contributed by atoms with Gasteiger partial charge in [0.1, 0.15) is 0 Å². The first-order valence-corrected chi connectivity index (χ1v) is 8.70. The quantitative estimate of drug-likeness (QED) is 0.756. The first kappa shape index (κ1) is 16.1. The largest absolute Gasteiger partial charge is 0.543 e. The molecule has 2 aromatic carbocycles. The lowest BCUT2D eigenvalue weighted by Crippen LogP contribution is -2.25. The lowest BCUT2D eigenvalue weighted by molar-refractivity contribution is -0.255. The topological polar surface area (TPSA) is 102 Å². The van der Waals surface area contributed by atoms with E-state index in [1.165, 1.54) is 6.07 Å². The van der Waals surface area contributed by atoms with E-state index in [4.69, 9.17) is 0 Å². The number of aryl methyl sites for hydroxylation is 2. The first-order chi connectivity index (χ1) is 11.3. The highest BCUT2D eigenvalue weighted by Crippen LogP contribution is 2.30. The molecule has 1 heterocycles. The predicted molar refractivity (Wildman–Crippen MR) is 89.4 cm³/mol. The Kier molecular flexibility index (Phi) is 3.81. The van der Waals surface area contributed by atoms with Crippen LogP contribution in [-0.4, -0.2) is 19.4 Å². The second kappa shape index (κ2) is 5.68. The Morgan fingerprint density at radius 3 is 2.50 bits per heavy atom. The van der Waals surface area contributed by atoms with Gasteiger partial charge in [-0.15, -0.1) is 0 Å². The molecule has 2 N–H and O–H groups in total. The van der Waals surface area contributed by atoms with Crippen molar-refractivity contribution in [1.82, 2.24) is 4.98 Å². The van der Waals surface area contributed by atoms with E-state index in [0.717, 1.165) is 5.56 Å². The van der Waals surface area contributed by atoms with Gasteiger partial charge in [-0.1, -0.05) is 35.9 Å². The molecule has 0 aliphatic carbocycles. The molecule has 1 aromatic heterocycles. The fraction of sp³-hybridized carbons (Fsp3) is 0.118. The highest BCUT2D eigenvalue weighted by molar-refractivity contribution is 7.92. The number of anilines is 1. The van der Waals surface area contributed by atoms with Crippen LogP contribution in [0, 0.1) is 13.8 Å². The highest BCUT2D eigenvalue weighted by Gasteiger charge is 2.21. The Labute approximate surface area is 139 Å². The number of aromatic nitrogens is 1. The molecule has 0 aliphatic rings. The molecule has 0 fully saturated rings. The molecule has 0 amide bonds. The van der Waals surface area contributed by atoms with Gasteiger partial charge >= 0.3 is 0 Å². The average Bonchev–Trinajstić information content (AvgIpc) is 2.85. The van der Waals surface area contributed by atoms with E-state index in [2.05, 4.69) is 9.71 Å². The van der Waals surface area contributed by atoms with Crippen LogP contribution in [0.15, 0.2) is 47.4 Å². The fourth-order valence-corrected chi connectivity index (χ4v) is 4.01. The van der Waals surface area contributed by atoms with E-state index in [9.17, 15) is 18.3 Å². The van der Waals surface area contributed by atoms with Gasteiger partial charge in [0, 0.05) is 10.9 Å². The van der Waals surface area contributed by atoms with Crippen LogP contribution in [0.1, 0.15) is 21.6 Å². The second-order valence-electron chi connectivity index (χ2n) is 5.58. The molecule has 0 atom stereocenters. The number of para-hydroxylation sites is 1. The van der Waals surface area contributed by atoms with E-state index >= 15 is 0 Å². The third-order valence-corrected chi connectivity index (χ3v) is 5.28. The number of sulfonamides is 1. The van der Waals surface area contributed by atoms with Crippen LogP contribution in [0.3, 0.4) is 0 Å². The number of nitrogens with one attached hydrogen (secondary N) is 2. The van der Waals surface area contributed by atoms with Crippen LogP contribution < -0.4 is 9.83 Å². The van der Waals surface area contributed by atoms with E-state index in [-0.39, 0.29) is 16.3 Å². The third-order valence-electron chi connectivity index (χ3n) is 3.77. The number of benzene rings is 2. The minimum Gasteiger partial charge on any atom is -0.543 e. The van der Waals surface area contributed by atoms with Gasteiger partial charge in [-0.3, -0.25) is 4.72 Å². The van der Waals surface area contributed by atoms with Gasteiger partial charge in [0.15, 0.2) is 0 Å². The summed E-state index contributed by atoms with van der Waals surface area (Å²) >= 11 is 0. The summed E-state index contributed by atoms with van der Waals surface area (Å²) in [6.45, 7) is 3.56. The zero-order chi connectivity index (χ0) is 17.5. The Bertz CT molecular complexity index is 1050. The van der Waals surface area contributed by atoms with E-state index in [1.54, 1.807) is 43.3 Å². The lowest BCUT2D eigenvalue weighted by atomic mass is 10.2. The molecule has 3 aromatic rings. The molecule has 7 heteroatoms. The summed E-state index contributed by atoms with van der Waals surface area (Å²) in [6.07, 6.45) is 0. The van der Waals surface area contributed by atoms with Gasteiger partial charge in [-0.05, 0) is 31.5 Å². The fourth-order valence-electron chi connectivity index (χ4n) is 2.69. The maximum absolute atomic E-state index is 12.7. The minimum atomic E-state index is -3.94. The predicted octanol–water partition coefficient (Wildman–Crippen LogP) is 1.95. The van der Waals surface area contributed by atoms with E-state index in [1.807, 2.05) is 6.92 Å². The smallest absolute Gasteiger partial charge is 0.262 e. The summed E-state index contributed by atoms with van der Waals surface area (Å²) in [5.41, 5.74) is 1.71. The lowest BCUT2D eigenvalue weighted by Gasteiger charge is -2.12. The van der Waals surface area contributed by atoms with Gasteiger partial charge in [0.25, 0.3) is 10.0 Å². The summed E-state index contributed by atoms with van der Waals surface area (Å²) in [5.74, 6) is -1.48. The van der Waals surface area contributed by atoms with Crippen molar-refractivity contribution in [3.63, 3.8) is 0 Å². The van der Waals surface area contributed by atoms with Crippen molar-refractivity contribution in [2.24, 2.45) is 0 Å². The number of fused-ring (bicyclic) bond motifs is 1. The second-order valence-corrected chi connectivity index (χ2v) is 7.23. The van der Waals surface area contributed by atoms with E-state index in [0.29, 0.717) is 16.5 Å². The highest BCUT2D eigenvalue weighted by atomic mass is 32.2. The van der Waals surface area contributed by atoms with Gasteiger partial charge in [0.05, 0.1) is 22.2 Å². The van der Waals surface area contributed by atoms with Gasteiger partial charge in [-0.2, -0.15) is 0 Å². The minimum absolute atomic E-state index is 0.0226. The van der Waals surface area contributed by atoms with Crippen molar-refractivity contribution in [1.29, 1.82) is 0 Å². The average molecular weight is 343 g/mol. The van der Waals surface area contributed by atoms with Crippen molar-refractivity contribution in [3.05, 3.63) is 59.3 Å². The molecule has 0 saturated heterocycles. The van der Waals surface area contributed by atoms with Crippen LogP contribution in [0.4, 0.5) is 5.69 Å². The standard InChI is InChI=1S/C17H16N2O4S/c1-10-7-8-14(11(2)9-10)24(22,23)19-15-12-5-3-4-6-13(12)18-16(15)17(20)21/h3-9,18-19H,1-2H3,(H,20,21)/p-1. The number of carbonyl (C=O) groups is 1. The summed E-state index contributed by atoms with van der Waals surface area (Å²) < 4.78 is 27.8. The zero-order valence-corrected chi connectivity index (χ0v) is 13.9. The number of aromatic amines is 1. The number of hydrogen-bond donors (Lipinski definition) is 2. The number of rotatable bonds is 4. The molecule has 0 saturated carbocycles. The number of H-pyrrole nitrogens is 1. The van der Waals surface area contributed by atoms with Crippen molar-refractivity contribution < 1.29 is 18.3 Å². The number of carbonyl (C=O) groups excluding carboxylic acids is 1. The van der Waals surface area contributed by atoms with Crippen LogP contribution in [0.5, 0.6) is 0 Å². The van der Waals surface area contributed by atoms with Crippen LogP contribution in [-0.2, 0) is 10.0 Å². The maximum Gasteiger partial charge on any atom is 0.262 e. The third kappa shape index (κ3) is 2.74. The number of carboxylic acids is 1. The first-order valence-electron chi connectivity index (χ1n) is 7.22. The Morgan fingerprint density at radius 1 is 1.12 bits per heavy atom. The Hall–Kier alpha value is -2.80. The summed E-state index contributed by atoms with van der Waals surface area (Å²) in [7, 11) is -3.94.